The van der Waals surface area contributed by atoms with Crippen LogP contribution in [-0.4, -0.2) is 23.7 Å². The van der Waals surface area contributed by atoms with E-state index in [9.17, 15) is 8.42 Å². The van der Waals surface area contributed by atoms with Crippen LogP contribution in [0.15, 0.2) is 15.1 Å². The van der Waals surface area contributed by atoms with Crippen LogP contribution in [0.2, 0.25) is 0 Å². The predicted molar refractivity (Wildman–Crippen MR) is 61.3 cm³/mol. The van der Waals surface area contributed by atoms with E-state index in [-0.39, 0.29) is 11.6 Å². The third-order valence-electron chi connectivity index (χ3n) is 2.45. The van der Waals surface area contributed by atoms with Crippen LogP contribution >= 0.6 is 0 Å². The van der Waals surface area contributed by atoms with Crippen molar-refractivity contribution < 1.29 is 17.5 Å². The molecular weight excluding hydrogens is 258 g/mol. The Morgan fingerprint density at radius 1 is 1.28 bits per heavy atom. The number of sulfone groups is 1. The van der Waals surface area contributed by atoms with Gasteiger partial charge in [-0.1, -0.05) is 10.3 Å². The van der Waals surface area contributed by atoms with Crippen LogP contribution in [0.25, 0.3) is 0 Å². The Labute approximate surface area is 104 Å². The average molecular weight is 271 g/mol. The fourth-order valence-electron chi connectivity index (χ4n) is 1.44. The molecule has 0 saturated carbocycles. The average Bonchev–Trinajstić information content (AvgIpc) is 2.86. The molecular formula is C10H13N3O4S. The zero-order valence-electron chi connectivity index (χ0n) is 10.2. The van der Waals surface area contributed by atoms with Crippen molar-refractivity contribution in [3.63, 3.8) is 0 Å². The number of hydrogen-bond donors (Lipinski definition) is 0. The molecule has 1 atom stereocenters. The monoisotopic (exact) mass is 271 g/mol. The minimum Gasteiger partial charge on any atom is -0.360 e. The first-order chi connectivity index (χ1) is 8.38. The molecule has 2 aromatic rings. The van der Waals surface area contributed by atoms with Gasteiger partial charge in [0.1, 0.15) is 11.0 Å². The summed E-state index contributed by atoms with van der Waals surface area (Å²) in [6.45, 7) is 4.86. The number of rotatable bonds is 4. The molecule has 98 valence electrons. The maximum absolute atomic E-state index is 12.1. The van der Waals surface area contributed by atoms with Crippen LogP contribution in [0.4, 0.5) is 0 Å². The summed E-state index contributed by atoms with van der Waals surface area (Å²) in [5.74, 6) is 0.554. The summed E-state index contributed by atoms with van der Waals surface area (Å²) in [4.78, 5) is 3.92. The second-order valence-corrected chi connectivity index (χ2v) is 6.39. The molecule has 8 heteroatoms. The van der Waals surface area contributed by atoms with Crippen molar-refractivity contribution in [1.82, 2.24) is 15.3 Å². The Balaban J connectivity index is 2.20. The summed E-state index contributed by atoms with van der Waals surface area (Å²) in [5, 5.41) is 6.35. The lowest BCUT2D eigenvalue weighted by atomic mass is 10.4. The summed E-state index contributed by atoms with van der Waals surface area (Å²) in [6, 6.07) is 1.59. The normalized spacial score (nSPS) is 13.7. The number of aromatic nitrogens is 3. The van der Waals surface area contributed by atoms with Gasteiger partial charge in [-0.05, 0) is 20.8 Å². The molecule has 0 aliphatic heterocycles. The van der Waals surface area contributed by atoms with Crippen molar-refractivity contribution >= 4 is 9.84 Å². The predicted octanol–water partition coefficient (Wildman–Crippen LogP) is 1.35. The van der Waals surface area contributed by atoms with E-state index in [1.807, 2.05) is 0 Å². The maximum Gasteiger partial charge on any atom is 0.244 e. The van der Waals surface area contributed by atoms with Gasteiger partial charge in [0.05, 0.1) is 5.69 Å². The Kier molecular flexibility index (Phi) is 3.20. The van der Waals surface area contributed by atoms with Crippen LogP contribution in [0.5, 0.6) is 0 Å². The zero-order valence-corrected chi connectivity index (χ0v) is 11.1. The first-order valence-corrected chi connectivity index (χ1v) is 7.04. The zero-order chi connectivity index (χ0) is 13.3. The number of nitrogens with zero attached hydrogens (tertiary/aromatic N) is 3. The van der Waals surface area contributed by atoms with Crippen molar-refractivity contribution in [3.8, 4) is 0 Å². The van der Waals surface area contributed by atoms with Gasteiger partial charge < -0.3 is 9.05 Å². The summed E-state index contributed by atoms with van der Waals surface area (Å²) >= 11 is 0. The topological polar surface area (TPSA) is 99.1 Å². The van der Waals surface area contributed by atoms with Gasteiger partial charge >= 0.3 is 0 Å². The van der Waals surface area contributed by atoms with Gasteiger partial charge in [0.25, 0.3) is 0 Å². The summed E-state index contributed by atoms with van der Waals surface area (Å²) in [7, 11) is -3.47. The van der Waals surface area contributed by atoms with E-state index in [0.717, 1.165) is 0 Å². The van der Waals surface area contributed by atoms with Crippen LogP contribution in [0.1, 0.15) is 35.3 Å². The lowest BCUT2D eigenvalue weighted by Crippen LogP contribution is -2.13. The molecule has 0 spiro atoms. The SMILES string of the molecule is Cc1cc(CS(=O)(=O)C(C)c2nc(C)no2)on1. The molecule has 2 aromatic heterocycles. The first kappa shape index (κ1) is 12.7. The fourth-order valence-corrected chi connectivity index (χ4v) is 2.63. The molecule has 0 fully saturated rings. The Morgan fingerprint density at radius 3 is 2.50 bits per heavy atom. The first-order valence-electron chi connectivity index (χ1n) is 5.32. The van der Waals surface area contributed by atoms with Crippen molar-refractivity contribution in [3.05, 3.63) is 29.2 Å². The highest BCUT2D eigenvalue weighted by Gasteiger charge is 2.29. The van der Waals surface area contributed by atoms with Gasteiger partial charge in [0.15, 0.2) is 21.4 Å². The molecule has 0 radical (unpaired) electrons. The molecule has 1 unspecified atom stereocenters. The van der Waals surface area contributed by atoms with Gasteiger partial charge in [-0.15, -0.1) is 0 Å². The van der Waals surface area contributed by atoms with Gasteiger partial charge in [0, 0.05) is 6.07 Å². The van der Waals surface area contributed by atoms with E-state index >= 15 is 0 Å². The highest BCUT2D eigenvalue weighted by molar-refractivity contribution is 7.90. The summed E-state index contributed by atoms with van der Waals surface area (Å²) in [6.07, 6.45) is 0. The second kappa shape index (κ2) is 4.52. The van der Waals surface area contributed by atoms with Gasteiger partial charge in [-0.3, -0.25) is 0 Å². The maximum atomic E-state index is 12.1. The molecule has 7 nitrogen and oxygen atoms in total. The van der Waals surface area contributed by atoms with E-state index in [0.29, 0.717) is 17.3 Å². The summed E-state index contributed by atoms with van der Waals surface area (Å²) < 4.78 is 34.0. The Morgan fingerprint density at radius 2 is 2.00 bits per heavy atom. The summed E-state index contributed by atoms with van der Waals surface area (Å²) in [5.41, 5.74) is 0.640. The van der Waals surface area contributed by atoms with E-state index in [1.54, 1.807) is 19.9 Å². The van der Waals surface area contributed by atoms with E-state index in [1.165, 1.54) is 6.92 Å². The van der Waals surface area contributed by atoms with E-state index in [2.05, 4.69) is 15.3 Å². The third kappa shape index (κ3) is 2.58. The highest BCUT2D eigenvalue weighted by Crippen LogP contribution is 2.24. The van der Waals surface area contributed by atoms with Crippen molar-refractivity contribution in [2.45, 2.75) is 31.8 Å². The molecule has 18 heavy (non-hydrogen) atoms. The van der Waals surface area contributed by atoms with Crippen LogP contribution in [-0.2, 0) is 15.6 Å². The van der Waals surface area contributed by atoms with Crippen LogP contribution in [0, 0.1) is 13.8 Å². The third-order valence-corrected chi connectivity index (χ3v) is 4.42. The molecule has 2 heterocycles. The van der Waals surface area contributed by atoms with Gasteiger partial charge in [-0.25, -0.2) is 8.42 Å². The Hall–Kier alpha value is -1.70. The molecule has 0 amide bonds. The highest BCUT2D eigenvalue weighted by atomic mass is 32.2. The molecule has 0 bridgehead atoms. The largest absolute Gasteiger partial charge is 0.360 e. The Bertz CT molecular complexity index is 644. The van der Waals surface area contributed by atoms with Crippen molar-refractivity contribution in [2.75, 3.05) is 0 Å². The molecule has 0 N–H and O–H groups in total. The van der Waals surface area contributed by atoms with Gasteiger partial charge in [0.2, 0.25) is 5.89 Å². The smallest absolute Gasteiger partial charge is 0.244 e. The fraction of sp³-hybridized carbons (Fsp3) is 0.500. The van der Waals surface area contributed by atoms with Crippen molar-refractivity contribution in [1.29, 1.82) is 0 Å². The lowest BCUT2D eigenvalue weighted by molar-refractivity contribution is 0.370. The standard InChI is InChI=1S/C10H13N3O4S/c1-6-4-9(16-12-6)5-18(14,15)7(2)10-11-8(3)13-17-10/h4,7H,5H2,1-3H3. The molecule has 0 aromatic carbocycles. The quantitative estimate of drug-likeness (QED) is 0.827. The molecule has 0 aliphatic rings. The molecule has 0 saturated heterocycles. The number of hydrogen-bond acceptors (Lipinski definition) is 7. The molecule has 0 aliphatic carbocycles. The van der Waals surface area contributed by atoms with E-state index in [4.69, 9.17) is 9.05 Å². The van der Waals surface area contributed by atoms with Crippen LogP contribution < -0.4 is 0 Å². The second-order valence-electron chi connectivity index (χ2n) is 4.06. The van der Waals surface area contributed by atoms with E-state index < -0.39 is 15.1 Å². The lowest BCUT2D eigenvalue weighted by Gasteiger charge is -2.06. The van der Waals surface area contributed by atoms with Gasteiger partial charge in [-0.2, -0.15) is 4.98 Å². The van der Waals surface area contributed by atoms with Crippen molar-refractivity contribution in [2.24, 2.45) is 0 Å². The minimum atomic E-state index is -3.47. The number of aryl methyl sites for hydroxylation is 2. The molecule has 2 rings (SSSR count). The van der Waals surface area contributed by atoms with Crippen LogP contribution in [0.3, 0.4) is 0 Å². The minimum absolute atomic E-state index is 0.0868.